The van der Waals surface area contributed by atoms with Gasteiger partial charge in [-0.15, -0.1) is 0 Å². The van der Waals surface area contributed by atoms with Crippen LogP contribution in [0.1, 0.15) is 44.1 Å². The van der Waals surface area contributed by atoms with Gasteiger partial charge in [0, 0.05) is 31.4 Å². The molecule has 2 N–H and O–H groups in total. The number of nitrogens with one attached hydrogen (secondary N) is 2. The van der Waals surface area contributed by atoms with Gasteiger partial charge >= 0.3 is 6.03 Å². The molecule has 1 aliphatic carbocycles. The predicted octanol–water partition coefficient (Wildman–Crippen LogP) is 4.48. The molecule has 2 aliphatic rings. The third kappa shape index (κ3) is 6.06. The highest BCUT2D eigenvalue weighted by molar-refractivity contribution is 5.74. The monoisotopic (exact) mass is 423 g/mol. The van der Waals surface area contributed by atoms with Gasteiger partial charge in [0.1, 0.15) is 11.5 Å². The summed E-state index contributed by atoms with van der Waals surface area (Å²) >= 11 is 0. The van der Waals surface area contributed by atoms with E-state index in [4.69, 9.17) is 9.47 Å². The molecule has 2 fully saturated rings. The standard InChI is InChI=1S/C25H33N3O3/c1-30-22-12-8-21(9-13-22)28-16-14-20(15-17-28)27-25(29)26-18-19-6-10-24(11-7-19)31-23-4-2-3-5-23/h6-13,20,23H,2-5,14-18H2,1H3,(H2,26,27,29). The van der Waals surface area contributed by atoms with E-state index in [9.17, 15) is 4.79 Å². The second-order valence-electron chi connectivity index (χ2n) is 8.45. The zero-order valence-corrected chi connectivity index (χ0v) is 18.3. The second kappa shape index (κ2) is 10.4. The first-order valence-electron chi connectivity index (χ1n) is 11.4. The van der Waals surface area contributed by atoms with E-state index in [2.05, 4.69) is 27.7 Å². The normalized spacial score (nSPS) is 17.4. The molecule has 31 heavy (non-hydrogen) atoms. The number of anilines is 1. The number of rotatable bonds is 7. The van der Waals surface area contributed by atoms with Gasteiger partial charge in [-0.1, -0.05) is 12.1 Å². The highest BCUT2D eigenvalue weighted by Crippen LogP contribution is 2.24. The number of benzene rings is 2. The number of carbonyl (C=O) groups is 1. The molecule has 1 aliphatic heterocycles. The Labute approximate surface area is 184 Å². The van der Waals surface area contributed by atoms with E-state index in [1.165, 1.54) is 18.5 Å². The van der Waals surface area contributed by atoms with E-state index in [0.29, 0.717) is 12.6 Å². The Kier molecular flexibility index (Phi) is 7.18. The Morgan fingerprint density at radius 2 is 1.58 bits per heavy atom. The fourth-order valence-electron chi connectivity index (χ4n) is 4.38. The maximum atomic E-state index is 12.3. The summed E-state index contributed by atoms with van der Waals surface area (Å²) < 4.78 is 11.2. The molecular formula is C25H33N3O3. The molecule has 2 amide bonds. The number of urea groups is 1. The Hall–Kier alpha value is -2.89. The number of amides is 2. The van der Waals surface area contributed by atoms with Crippen LogP contribution in [0.4, 0.5) is 10.5 Å². The molecule has 0 atom stereocenters. The van der Waals surface area contributed by atoms with E-state index in [1.54, 1.807) is 7.11 Å². The Balaban J connectivity index is 1.16. The summed E-state index contributed by atoms with van der Waals surface area (Å²) in [6, 6.07) is 16.3. The number of hydrogen-bond donors (Lipinski definition) is 2. The van der Waals surface area contributed by atoms with Gasteiger partial charge in [0.25, 0.3) is 0 Å². The first kappa shape index (κ1) is 21.3. The van der Waals surface area contributed by atoms with Crippen molar-refractivity contribution >= 4 is 11.7 Å². The fraction of sp³-hybridized carbons (Fsp3) is 0.480. The molecule has 1 heterocycles. The van der Waals surface area contributed by atoms with Crippen molar-refractivity contribution in [3.05, 3.63) is 54.1 Å². The number of nitrogens with zero attached hydrogens (tertiary/aromatic N) is 1. The topological polar surface area (TPSA) is 62.8 Å². The van der Waals surface area contributed by atoms with Crippen LogP contribution < -0.4 is 25.0 Å². The molecule has 0 unspecified atom stereocenters. The number of piperidine rings is 1. The molecule has 6 heteroatoms. The quantitative estimate of drug-likeness (QED) is 0.689. The number of hydrogen-bond acceptors (Lipinski definition) is 4. The lowest BCUT2D eigenvalue weighted by Gasteiger charge is -2.34. The van der Waals surface area contributed by atoms with E-state index in [0.717, 1.165) is 55.8 Å². The third-order valence-corrected chi connectivity index (χ3v) is 6.25. The summed E-state index contributed by atoms with van der Waals surface area (Å²) in [6.45, 7) is 2.37. The predicted molar refractivity (Wildman–Crippen MR) is 123 cm³/mol. The second-order valence-corrected chi connectivity index (χ2v) is 8.45. The maximum absolute atomic E-state index is 12.3. The smallest absolute Gasteiger partial charge is 0.315 e. The molecule has 6 nitrogen and oxygen atoms in total. The number of carbonyl (C=O) groups excluding carboxylic acids is 1. The largest absolute Gasteiger partial charge is 0.497 e. The van der Waals surface area contributed by atoms with Crippen molar-refractivity contribution < 1.29 is 14.3 Å². The molecule has 0 radical (unpaired) electrons. The Bertz CT molecular complexity index is 824. The van der Waals surface area contributed by atoms with Crippen LogP contribution in [0.5, 0.6) is 11.5 Å². The van der Waals surface area contributed by atoms with Gasteiger partial charge in [-0.25, -0.2) is 4.79 Å². The van der Waals surface area contributed by atoms with Crippen LogP contribution >= 0.6 is 0 Å². The molecular weight excluding hydrogens is 390 g/mol. The van der Waals surface area contributed by atoms with Crippen LogP contribution in [0.15, 0.2) is 48.5 Å². The van der Waals surface area contributed by atoms with Crippen LogP contribution in [-0.4, -0.2) is 38.4 Å². The molecule has 1 saturated heterocycles. The van der Waals surface area contributed by atoms with Gasteiger partial charge < -0.3 is 25.0 Å². The summed E-state index contributed by atoms with van der Waals surface area (Å²) in [5.41, 5.74) is 2.27. The maximum Gasteiger partial charge on any atom is 0.315 e. The summed E-state index contributed by atoms with van der Waals surface area (Å²) in [7, 11) is 1.68. The summed E-state index contributed by atoms with van der Waals surface area (Å²) in [6.07, 6.45) is 7.08. The summed E-state index contributed by atoms with van der Waals surface area (Å²) in [5.74, 6) is 1.79. The van der Waals surface area contributed by atoms with Gasteiger partial charge in [0.05, 0.1) is 13.2 Å². The van der Waals surface area contributed by atoms with Crippen molar-refractivity contribution in [2.75, 3.05) is 25.1 Å². The minimum atomic E-state index is -0.103. The van der Waals surface area contributed by atoms with Gasteiger partial charge in [0.15, 0.2) is 0 Å². The molecule has 2 aromatic rings. The molecule has 4 rings (SSSR count). The lowest BCUT2D eigenvalue weighted by Crippen LogP contribution is -2.47. The van der Waals surface area contributed by atoms with Gasteiger partial charge in [-0.2, -0.15) is 0 Å². The number of ether oxygens (including phenoxy) is 2. The molecule has 2 aromatic carbocycles. The van der Waals surface area contributed by atoms with E-state index in [-0.39, 0.29) is 12.1 Å². The van der Waals surface area contributed by atoms with Gasteiger partial charge in [-0.05, 0) is 80.5 Å². The SMILES string of the molecule is COc1ccc(N2CCC(NC(=O)NCc3ccc(OC4CCCC4)cc3)CC2)cc1. The summed E-state index contributed by atoms with van der Waals surface area (Å²) in [4.78, 5) is 14.7. The molecule has 0 spiro atoms. The van der Waals surface area contributed by atoms with E-state index < -0.39 is 0 Å². The van der Waals surface area contributed by atoms with E-state index in [1.807, 2.05) is 36.4 Å². The molecule has 1 saturated carbocycles. The van der Waals surface area contributed by atoms with Gasteiger partial charge in [0.2, 0.25) is 0 Å². The molecule has 166 valence electrons. The van der Waals surface area contributed by atoms with Crippen LogP contribution in [0.25, 0.3) is 0 Å². The average molecular weight is 424 g/mol. The molecule has 0 aromatic heterocycles. The van der Waals surface area contributed by atoms with Crippen LogP contribution in [-0.2, 0) is 6.54 Å². The zero-order chi connectivity index (χ0) is 21.5. The third-order valence-electron chi connectivity index (χ3n) is 6.25. The highest BCUT2D eigenvalue weighted by Gasteiger charge is 2.21. The van der Waals surface area contributed by atoms with Gasteiger partial charge in [-0.3, -0.25) is 0 Å². The first-order valence-corrected chi connectivity index (χ1v) is 11.4. The lowest BCUT2D eigenvalue weighted by atomic mass is 10.0. The van der Waals surface area contributed by atoms with Crippen molar-refractivity contribution in [3.8, 4) is 11.5 Å². The van der Waals surface area contributed by atoms with Crippen LogP contribution in [0.2, 0.25) is 0 Å². The molecule has 0 bridgehead atoms. The van der Waals surface area contributed by atoms with Crippen molar-refractivity contribution in [1.29, 1.82) is 0 Å². The number of methoxy groups -OCH3 is 1. The lowest BCUT2D eigenvalue weighted by molar-refractivity contribution is 0.210. The van der Waals surface area contributed by atoms with Crippen LogP contribution in [0.3, 0.4) is 0 Å². The van der Waals surface area contributed by atoms with Crippen molar-refractivity contribution in [2.45, 2.75) is 57.2 Å². The highest BCUT2D eigenvalue weighted by atomic mass is 16.5. The first-order chi connectivity index (χ1) is 15.2. The minimum Gasteiger partial charge on any atom is -0.497 e. The Morgan fingerprint density at radius 3 is 2.23 bits per heavy atom. The minimum absolute atomic E-state index is 0.103. The summed E-state index contributed by atoms with van der Waals surface area (Å²) in [5, 5.41) is 6.09. The van der Waals surface area contributed by atoms with Crippen molar-refractivity contribution in [1.82, 2.24) is 10.6 Å². The Morgan fingerprint density at radius 1 is 0.935 bits per heavy atom. The zero-order valence-electron chi connectivity index (χ0n) is 18.3. The van der Waals surface area contributed by atoms with Crippen molar-refractivity contribution in [2.24, 2.45) is 0 Å². The van der Waals surface area contributed by atoms with Crippen LogP contribution in [0, 0.1) is 0 Å². The fourth-order valence-corrected chi connectivity index (χ4v) is 4.38. The van der Waals surface area contributed by atoms with E-state index >= 15 is 0 Å². The van der Waals surface area contributed by atoms with Crippen molar-refractivity contribution in [3.63, 3.8) is 0 Å². The average Bonchev–Trinajstić information content (AvgIpc) is 3.32.